The molecule has 0 aliphatic heterocycles. The largest absolute Gasteiger partial charge is 0.492 e. The van der Waals surface area contributed by atoms with E-state index in [0.717, 1.165) is 48.9 Å². The van der Waals surface area contributed by atoms with Crippen LogP contribution >= 0.6 is 0 Å². The summed E-state index contributed by atoms with van der Waals surface area (Å²) < 4.78 is 5.65. The van der Waals surface area contributed by atoms with Crippen LogP contribution in [0.15, 0.2) is 18.3 Å². The number of rotatable bonds is 13. The fourth-order valence-corrected chi connectivity index (χ4v) is 5.99. The molecule has 1 heterocycles. The van der Waals surface area contributed by atoms with Gasteiger partial charge in [0.25, 0.3) is 0 Å². The minimum Gasteiger partial charge on any atom is -0.492 e. The van der Waals surface area contributed by atoms with Crippen LogP contribution in [0.25, 0.3) is 0 Å². The number of pyridine rings is 1. The lowest BCUT2D eigenvalue weighted by Gasteiger charge is -2.32. The van der Waals surface area contributed by atoms with Gasteiger partial charge in [-0.25, -0.2) is 0 Å². The molecule has 2 aliphatic carbocycles. The molecule has 0 N–H and O–H groups in total. The number of ether oxygens (including phenoxy) is 1. The molecule has 0 atom stereocenters. The highest BCUT2D eigenvalue weighted by atomic mass is 16.5. The Morgan fingerprint density at radius 2 is 1.29 bits per heavy atom. The van der Waals surface area contributed by atoms with Gasteiger partial charge in [0.05, 0.1) is 12.8 Å². The van der Waals surface area contributed by atoms with Gasteiger partial charge in [0.2, 0.25) is 0 Å². The molecule has 0 amide bonds. The van der Waals surface area contributed by atoms with Gasteiger partial charge < -0.3 is 4.74 Å². The summed E-state index contributed by atoms with van der Waals surface area (Å²) in [6.45, 7) is 5.24. The zero-order valence-electron chi connectivity index (χ0n) is 20.6. The topological polar surface area (TPSA) is 22.1 Å². The first kappa shape index (κ1) is 24.6. The van der Waals surface area contributed by atoms with Gasteiger partial charge in [0, 0.05) is 5.69 Å². The molecule has 3 rings (SSSR count). The molecule has 0 spiro atoms. The quantitative estimate of drug-likeness (QED) is 0.293. The predicted molar refractivity (Wildman–Crippen MR) is 133 cm³/mol. The zero-order valence-corrected chi connectivity index (χ0v) is 20.6. The van der Waals surface area contributed by atoms with Crippen LogP contribution in [0.3, 0.4) is 0 Å². The third-order valence-electron chi connectivity index (χ3n) is 8.21. The van der Waals surface area contributed by atoms with Crippen molar-refractivity contribution in [1.29, 1.82) is 0 Å². The first-order chi connectivity index (χ1) is 15.3. The van der Waals surface area contributed by atoms with E-state index in [0.29, 0.717) is 0 Å². The smallest absolute Gasteiger partial charge is 0.137 e. The first-order valence-corrected chi connectivity index (χ1v) is 13.8. The average molecular weight is 428 g/mol. The SMILES string of the molecule is CCCCC[C@H]1CC[C@H](CCC2CCC(CCc3ccc(OCCC)cn3)CC2)CC1. The van der Waals surface area contributed by atoms with Gasteiger partial charge in [-0.05, 0) is 55.1 Å². The lowest BCUT2D eigenvalue weighted by Crippen LogP contribution is -2.18. The van der Waals surface area contributed by atoms with Gasteiger partial charge >= 0.3 is 0 Å². The number of hydrogen-bond donors (Lipinski definition) is 0. The summed E-state index contributed by atoms with van der Waals surface area (Å²) in [6, 6.07) is 4.25. The molecule has 31 heavy (non-hydrogen) atoms. The Labute approximate surface area is 193 Å². The van der Waals surface area contributed by atoms with Crippen molar-refractivity contribution in [2.24, 2.45) is 23.7 Å². The highest BCUT2D eigenvalue weighted by Crippen LogP contribution is 2.38. The maximum atomic E-state index is 5.65. The third kappa shape index (κ3) is 9.15. The van der Waals surface area contributed by atoms with Crippen LogP contribution in [0, 0.1) is 23.7 Å². The molecule has 0 saturated heterocycles. The van der Waals surface area contributed by atoms with Crippen molar-refractivity contribution < 1.29 is 4.74 Å². The Morgan fingerprint density at radius 3 is 1.81 bits per heavy atom. The predicted octanol–water partition coefficient (Wildman–Crippen LogP) is 8.78. The Balaban J connectivity index is 1.24. The Kier molecular flexibility index (Phi) is 11.2. The van der Waals surface area contributed by atoms with E-state index in [1.165, 1.54) is 102 Å². The van der Waals surface area contributed by atoms with Crippen LogP contribution in [0.4, 0.5) is 0 Å². The molecule has 1 aromatic rings. The van der Waals surface area contributed by atoms with Crippen molar-refractivity contribution in [3.63, 3.8) is 0 Å². The Hall–Kier alpha value is -1.05. The van der Waals surface area contributed by atoms with Crippen LogP contribution in [0.5, 0.6) is 5.75 Å². The summed E-state index contributed by atoms with van der Waals surface area (Å²) in [5.74, 6) is 4.97. The van der Waals surface area contributed by atoms with Crippen molar-refractivity contribution in [2.75, 3.05) is 6.61 Å². The molecular formula is C29H49NO. The van der Waals surface area contributed by atoms with E-state index in [9.17, 15) is 0 Å². The van der Waals surface area contributed by atoms with E-state index < -0.39 is 0 Å². The van der Waals surface area contributed by atoms with Crippen molar-refractivity contribution in [3.8, 4) is 5.75 Å². The number of aromatic nitrogens is 1. The van der Waals surface area contributed by atoms with Crippen molar-refractivity contribution in [2.45, 2.75) is 123 Å². The monoisotopic (exact) mass is 427 g/mol. The van der Waals surface area contributed by atoms with E-state index in [-0.39, 0.29) is 0 Å². The van der Waals surface area contributed by atoms with Crippen LogP contribution in [-0.4, -0.2) is 11.6 Å². The van der Waals surface area contributed by atoms with Gasteiger partial charge in [0.1, 0.15) is 5.75 Å². The number of hydrogen-bond acceptors (Lipinski definition) is 2. The minimum atomic E-state index is 0.782. The van der Waals surface area contributed by atoms with Crippen LogP contribution < -0.4 is 4.74 Å². The van der Waals surface area contributed by atoms with E-state index in [1.54, 1.807) is 0 Å². The fourth-order valence-electron chi connectivity index (χ4n) is 5.99. The molecule has 2 aliphatic rings. The molecule has 0 radical (unpaired) electrons. The summed E-state index contributed by atoms with van der Waals surface area (Å²) in [4.78, 5) is 4.61. The van der Waals surface area contributed by atoms with Gasteiger partial charge in [-0.1, -0.05) is 104 Å². The maximum absolute atomic E-state index is 5.65. The zero-order chi connectivity index (χ0) is 21.7. The lowest BCUT2D eigenvalue weighted by atomic mass is 9.74. The van der Waals surface area contributed by atoms with Crippen LogP contribution in [0.2, 0.25) is 0 Å². The molecule has 2 nitrogen and oxygen atoms in total. The van der Waals surface area contributed by atoms with E-state index in [4.69, 9.17) is 4.74 Å². The fraction of sp³-hybridized carbons (Fsp3) is 0.828. The second kappa shape index (κ2) is 14.2. The van der Waals surface area contributed by atoms with Gasteiger partial charge in [0.15, 0.2) is 0 Å². The summed E-state index contributed by atoms with van der Waals surface area (Å²) in [6.07, 6.45) is 26.2. The number of nitrogens with zero attached hydrogens (tertiary/aromatic N) is 1. The van der Waals surface area contributed by atoms with Crippen molar-refractivity contribution >= 4 is 0 Å². The highest BCUT2D eigenvalue weighted by Gasteiger charge is 2.24. The molecule has 0 unspecified atom stereocenters. The van der Waals surface area contributed by atoms with Gasteiger partial charge in [-0.15, -0.1) is 0 Å². The average Bonchev–Trinajstić information content (AvgIpc) is 2.82. The molecule has 2 fully saturated rings. The first-order valence-electron chi connectivity index (χ1n) is 13.8. The highest BCUT2D eigenvalue weighted by molar-refractivity contribution is 5.19. The van der Waals surface area contributed by atoms with Crippen LogP contribution in [0.1, 0.15) is 122 Å². The third-order valence-corrected chi connectivity index (χ3v) is 8.21. The van der Waals surface area contributed by atoms with Gasteiger partial charge in [-0.3, -0.25) is 4.98 Å². The maximum Gasteiger partial charge on any atom is 0.137 e. The molecule has 1 aromatic heterocycles. The normalized spacial score (nSPS) is 26.6. The summed E-state index contributed by atoms with van der Waals surface area (Å²) in [5.41, 5.74) is 1.23. The van der Waals surface area contributed by atoms with Gasteiger partial charge in [-0.2, -0.15) is 0 Å². The summed E-state index contributed by atoms with van der Waals surface area (Å²) >= 11 is 0. The molecule has 0 aromatic carbocycles. The van der Waals surface area contributed by atoms with Crippen molar-refractivity contribution in [1.82, 2.24) is 4.98 Å². The molecule has 176 valence electrons. The second-order valence-corrected chi connectivity index (χ2v) is 10.7. The standard InChI is InChI=1S/C29H49NO/c1-3-5-6-7-24-8-10-25(11-9-24)12-13-26-14-16-27(17-15-26)18-19-28-20-21-29(23-30-28)31-22-4-2/h20-21,23-27H,3-19,22H2,1-2H3/t24-,25-,26?,27?. The molecule has 0 bridgehead atoms. The Bertz CT molecular complexity index is 567. The van der Waals surface area contributed by atoms with Crippen molar-refractivity contribution in [3.05, 3.63) is 24.0 Å². The van der Waals surface area contributed by atoms with E-state index in [2.05, 4.69) is 31.0 Å². The minimum absolute atomic E-state index is 0.782. The van der Waals surface area contributed by atoms with E-state index in [1.807, 2.05) is 6.20 Å². The lowest BCUT2D eigenvalue weighted by molar-refractivity contribution is 0.208. The molecule has 2 heteroatoms. The summed E-state index contributed by atoms with van der Waals surface area (Å²) in [7, 11) is 0. The summed E-state index contributed by atoms with van der Waals surface area (Å²) in [5, 5.41) is 0. The molecular weight excluding hydrogens is 378 g/mol. The number of aryl methyl sites for hydroxylation is 1. The Morgan fingerprint density at radius 1 is 0.710 bits per heavy atom. The second-order valence-electron chi connectivity index (χ2n) is 10.7. The molecule has 2 saturated carbocycles. The van der Waals surface area contributed by atoms with Crippen LogP contribution in [-0.2, 0) is 6.42 Å². The van der Waals surface area contributed by atoms with E-state index >= 15 is 0 Å². The number of unbranched alkanes of at least 4 members (excludes halogenated alkanes) is 2.